The van der Waals surface area contributed by atoms with E-state index in [2.05, 4.69) is 18.9 Å². The summed E-state index contributed by atoms with van der Waals surface area (Å²) in [5, 5.41) is 4.08. The van der Waals surface area contributed by atoms with Crippen LogP contribution in [0, 0.1) is 6.92 Å². The van der Waals surface area contributed by atoms with E-state index in [1.54, 1.807) is 12.3 Å². The number of rotatable bonds is 5. The molecular formula is C16H20N2O2. The first-order valence-electron chi connectivity index (χ1n) is 6.89. The van der Waals surface area contributed by atoms with E-state index in [1.165, 1.54) is 4.68 Å². The molecule has 106 valence electrons. The van der Waals surface area contributed by atoms with E-state index in [-0.39, 0.29) is 12.5 Å². The maximum Gasteiger partial charge on any atom is 0.284 e. The first-order valence-corrected chi connectivity index (χ1v) is 6.89. The summed E-state index contributed by atoms with van der Waals surface area (Å²) in [6, 6.07) is 9.66. The molecule has 1 heterocycles. The van der Waals surface area contributed by atoms with Crippen LogP contribution in [0.15, 0.2) is 36.5 Å². The minimum atomic E-state index is -0.169. The molecular weight excluding hydrogens is 252 g/mol. The fraction of sp³-hybridized carbons (Fsp3) is 0.375. The van der Waals surface area contributed by atoms with Gasteiger partial charge in [0.2, 0.25) is 0 Å². The third-order valence-electron chi connectivity index (χ3n) is 3.39. The molecule has 0 aliphatic carbocycles. The lowest BCUT2D eigenvalue weighted by Gasteiger charge is -2.15. The van der Waals surface area contributed by atoms with Gasteiger partial charge in [-0.2, -0.15) is 5.10 Å². The second-order valence-electron chi connectivity index (χ2n) is 4.93. The van der Waals surface area contributed by atoms with Crippen molar-refractivity contribution in [1.29, 1.82) is 0 Å². The van der Waals surface area contributed by atoms with Crippen LogP contribution in [0.2, 0.25) is 0 Å². The van der Waals surface area contributed by atoms with Crippen molar-refractivity contribution in [1.82, 2.24) is 9.78 Å². The van der Waals surface area contributed by atoms with Crippen LogP contribution >= 0.6 is 0 Å². The number of hydrogen-bond acceptors (Lipinski definition) is 3. The van der Waals surface area contributed by atoms with Crippen LogP contribution in [-0.2, 0) is 0 Å². The van der Waals surface area contributed by atoms with E-state index in [0.29, 0.717) is 5.92 Å². The molecule has 4 nitrogen and oxygen atoms in total. The average Bonchev–Trinajstić information content (AvgIpc) is 2.91. The number of para-hydroxylation sites is 1. The predicted molar refractivity (Wildman–Crippen MR) is 78.2 cm³/mol. The van der Waals surface area contributed by atoms with Crippen LogP contribution in [0.4, 0.5) is 0 Å². The highest BCUT2D eigenvalue weighted by Crippen LogP contribution is 2.28. The highest BCUT2D eigenvalue weighted by Gasteiger charge is 2.12. The number of carbonyl (C=O) groups is 1. The Hall–Kier alpha value is -2.10. The lowest BCUT2D eigenvalue weighted by Crippen LogP contribution is -2.20. The Kier molecular flexibility index (Phi) is 4.56. The fourth-order valence-corrected chi connectivity index (χ4v) is 2.00. The summed E-state index contributed by atoms with van der Waals surface area (Å²) in [6.07, 6.45) is 2.69. The quantitative estimate of drug-likeness (QED) is 0.837. The highest BCUT2D eigenvalue weighted by molar-refractivity contribution is 5.79. The molecule has 0 aliphatic heterocycles. The van der Waals surface area contributed by atoms with Gasteiger partial charge in [-0.1, -0.05) is 32.0 Å². The van der Waals surface area contributed by atoms with Crippen molar-refractivity contribution in [3.05, 3.63) is 47.8 Å². The van der Waals surface area contributed by atoms with Crippen LogP contribution in [0.25, 0.3) is 0 Å². The van der Waals surface area contributed by atoms with Crippen LogP contribution in [-0.4, -0.2) is 22.3 Å². The largest absolute Gasteiger partial charge is 0.483 e. The van der Waals surface area contributed by atoms with E-state index in [0.717, 1.165) is 23.4 Å². The van der Waals surface area contributed by atoms with E-state index < -0.39 is 0 Å². The summed E-state index contributed by atoms with van der Waals surface area (Å²) >= 11 is 0. The molecule has 0 bridgehead atoms. The van der Waals surface area contributed by atoms with Crippen LogP contribution < -0.4 is 4.74 Å². The zero-order valence-electron chi connectivity index (χ0n) is 12.2. The molecule has 2 aromatic rings. The maximum absolute atomic E-state index is 12.0. The number of carbonyl (C=O) groups excluding carboxylic acids is 1. The summed E-state index contributed by atoms with van der Waals surface area (Å²) in [7, 11) is 0. The van der Waals surface area contributed by atoms with Crippen molar-refractivity contribution in [2.24, 2.45) is 0 Å². The smallest absolute Gasteiger partial charge is 0.284 e. The monoisotopic (exact) mass is 272 g/mol. The molecule has 2 rings (SSSR count). The van der Waals surface area contributed by atoms with Crippen molar-refractivity contribution >= 4 is 5.91 Å². The number of nitrogens with zero attached hydrogens (tertiary/aromatic N) is 2. The van der Waals surface area contributed by atoms with Gasteiger partial charge >= 0.3 is 0 Å². The number of aryl methyl sites for hydroxylation is 1. The van der Waals surface area contributed by atoms with Gasteiger partial charge in [-0.3, -0.25) is 4.79 Å². The zero-order chi connectivity index (χ0) is 14.5. The Morgan fingerprint density at radius 1 is 1.35 bits per heavy atom. The van der Waals surface area contributed by atoms with Gasteiger partial charge < -0.3 is 4.74 Å². The topological polar surface area (TPSA) is 44.1 Å². The van der Waals surface area contributed by atoms with Gasteiger partial charge in [-0.25, -0.2) is 4.68 Å². The van der Waals surface area contributed by atoms with Gasteiger partial charge in [0, 0.05) is 6.20 Å². The van der Waals surface area contributed by atoms with Gasteiger partial charge in [0.25, 0.3) is 5.91 Å². The van der Waals surface area contributed by atoms with Crippen molar-refractivity contribution < 1.29 is 9.53 Å². The molecule has 0 fully saturated rings. The first-order chi connectivity index (χ1) is 9.61. The molecule has 0 N–H and O–H groups in total. The fourth-order valence-electron chi connectivity index (χ4n) is 2.00. The Balaban J connectivity index is 2.06. The van der Waals surface area contributed by atoms with Crippen molar-refractivity contribution in [2.45, 2.75) is 33.1 Å². The Labute approximate surface area is 119 Å². The Bertz CT molecular complexity index is 590. The minimum Gasteiger partial charge on any atom is -0.483 e. The molecule has 0 saturated carbocycles. The van der Waals surface area contributed by atoms with Crippen molar-refractivity contribution in [3.63, 3.8) is 0 Å². The molecule has 0 saturated heterocycles. The Morgan fingerprint density at radius 3 is 2.75 bits per heavy atom. The number of ether oxygens (including phenoxy) is 1. The third-order valence-corrected chi connectivity index (χ3v) is 3.39. The lowest BCUT2D eigenvalue weighted by atomic mass is 9.98. The van der Waals surface area contributed by atoms with Gasteiger partial charge in [-0.15, -0.1) is 0 Å². The number of benzene rings is 1. The molecule has 1 unspecified atom stereocenters. The molecule has 4 heteroatoms. The molecule has 0 spiro atoms. The van der Waals surface area contributed by atoms with Gasteiger partial charge in [-0.05, 0) is 37.0 Å². The lowest BCUT2D eigenvalue weighted by molar-refractivity contribution is 0.0819. The second-order valence-corrected chi connectivity index (χ2v) is 4.93. The van der Waals surface area contributed by atoms with Crippen LogP contribution in [0.3, 0.4) is 0 Å². The van der Waals surface area contributed by atoms with Gasteiger partial charge in [0.15, 0.2) is 6.61 Å². The summed E-state index contributed by atoms with van der Waals surface area (Å²) in [5.74, 6) is 1.02. The molecule has 0 amide bonds. The molecule has 20 heavy (non-hydrogen) atoms. The van der Waals surface area contributed by atoms with E-state index in [1.807, 2.05) is 31.2 Å². The molecule has 0 aliphatic rings. The van der Waals surface area contributed by atoms with E-state index >= 15 is 0 Å². The highest BCUT2D eigenvalue weighted by atomic mass is 16.5. The number of aromatic nitrogens is 2. The van der Waals surface area contributed by atoms with Gasteiger partial charge in [0.05, 0.1) is 5.69 Å². The maximum atomic E-state index is 12.0. The standard InChI is InChI=1S/C16H20N2O2/c1-4-12(2)14-7-5-6-8-15(14)20-11-16(19)18-10-9-13(3)17-18/h5-10,12H,4,11H2,1-3H3. The second kappa shape index (κ2) is 6.37. The Morgan fingerprint density at radius 2 is 2.10 bits per heavy atom. The number of hydrogen-bond donors (Lipinski definition) is 0. The molecule has 1 aromatic heterocycles. The average molecular weight is 272 g/mol. The van der Waals surface area contributed by atoms with Crippen LogP contribution in [0.1, 0.15) is 42.2 Å². The third kappa shape index (κ3) is 3.26. The normalized spacial score (nSPS) is 12.2. The van der Waals surface area contributed by atoms with Crippen molar-refractivity contribution in [3.8, 4) is 5.75 Å². The zero-order valence-corrected chi connectivity index (χ0v) is 12.2. The van der Waals surface area contributed by atoms with Gasteiger partial charge in [0.1, 0.15) is 5.75 Å². The van der Waals surface area contributed by atoms with E-state index in [4.69, 9.17) is 4.74 Å². The van der Waals surface area contributed by atoms with E-state index in [9.17, 15) is 4.79 Å². The summed E-state index contributed by atoms with van der Waals surface area (Å²) in [5.41, 5.74) is 1.96. The molecule has 1 aromatic carbocycles. The summed E-state index contributed by atoms with van der Waals surface area (Å²) in [6.45, 7) is 6.14. The summed E-state index contributed by atoms with van der Waals surface area (Å²) in [4.78, 5) is 12.0. The minimum absolute atomic E-state index is 0.00539. The first kappa shape index (κ1) is 14.3. The predicted octanol–water partition coefficient (Wildman–Crippen LogP) is 3.42. The SMILES string of the molecule is CCC(C)c1ccccc1OCC(=O)n1ccc(C)n1. The molecule has 1 atom stereocenters. The molecule has 0 radical (unpaired) electrons. The van der Waals surface area contributed by atoms with Crippen molar-refractivity contribution in [2.75, 3.05) is 6.61 Å². The van der Waals surface area contributed by atoms with Crippen LogP contribution in [0.5, 0.6) is 5.75 Å². The summed E-state index contributed by atoms with van der Waals surface area (Å²) < 4.78 is 7.00.